The summed E-state index contributed by atoms with van der Waals surface area (Å²) in [6.45, 7) is 5.62. The molecule has 1 heterocycles. The molecule has 3 rings (SSSR count). The van der Waals surface area contributed by atoms with Crippen molar-refractivity contribution in [3.63, 3.8) is 0 Å². The third-order valence-corrected chi connectivity index (χ3v) is 4.69. The number of alkyl halides is 3. The average Bonchev–Trinajstić information content (AvgIpc) is 2.91. The summed E-state index contributed by atoms with van der Waals surface area (Å²) in [5.74, 6) is 0.723. The molecule has 0 spiro atoms. The average molecular weight is 375 g/mol. The fourth-order valence-electron chi connectivity index (χ4n) is 3.35. The van der Waals surface area contributed by atoms with Gasteiger partial charge in [-0.2, -0.15) is 13.2 Å². The number of halogens is 3. The third kappa shape index (κ3) is 4.16. The van der Waals surface area contributed by atoms with E-state index in [1.54, 1.807) is 0 Å². The SMILES string of the molecule is Cc1ccc(-c2nc3cc(C(F)(F)F)ccc3n2CCCN(C)C)c(C)c1. The number of nitrogens with zero attached hydrogens (tertiary/aromatic N) is 3. The number of aryl methyl sites for hydroxylation is 3. The second-order valence-corrected chi connectivity index (χ2v) is 7.26. The monoisotopic (exact) mass is 375 g/mol. The summed E-state index contributed by atoms with van der Waals surface area (Å²) < 4.78 is 41.4. The van der Waals surface area contributed by atoms with Crippen molar-refractivity contribution in [1.82, 2.24) is 14.5 Å². The Morgan fingerprint density at radius 3 is 2.41 bits per heavy atom. The van der Waals surface area contributed by atoms with Crippen LogP contribution < -0.4 is 0 Å². The van der Waals surface area contributed by atoms with Crippen LogP contribution in [0.4, 0.5) is 13.2 Å². The number of hydrogen-bond acceptors (Lipinski definition) is 2. The number of aromatic nitrogens is 2. The Balaban J connectivity index is 2.14. The molecule has 0 amide bonds. The van der Waals surface area contributed by atoms with Crippen LogP contribution in [0, 0.1) is 13.8 Å². The molecule has 0 aliphatic heterocycles. The van der Waals surface area contributed by atoms with E-state index in [-0.39, 0.29) is 0 Å². The number of hydrogen-bond donors (Lipinski definition) is 0. The van der Waals surface area contributed by atoms with Crippen molar-refractivity contribution in [3.8, 4) is 11.4 Å². The molecule has 0 radical (unpaired) electrons. The molecule has 0 fully saturated rings. The molecule has 27 heavy (non-hydrogen) atoms. The number of benzene rings is 2. The van der Waals surface area contributed by atoms with Crippen molar-refractivity contribution in [1.29, 1.82) is 0 Å². The third-order valence-electron chi connectivity index (χ3n) is 4.69. The molecule has 0 saturated carbocycles. The van der Waals surface area contributed by atoms with Gasteiger partial charge in [0.2, 0.25) is 0 Å². The summed E-state index contributed by atoms with van der Waals surface area (Å²) in [5.41, 5.74) is 3.61. The van der Waals surface area contributed by atoms with E-state index < -0.39 is 11.7 Å². The lowest BCUT2D eigenvalue weighted by Gasteiger charge is -2.14. The van der Waals surface area contributed by atoms with E-state index in [0.29, 0.717) is 12.1 Å². The van der Waals surface area contributed by atoms with Gasteiger partial charge in [-0.1, -0.05) is 23.8 Å². The maximum atomic E-state index is 13.1. The van der Waals surface area contributed by atoms with E-state index in [4.69, 9.17) is 0 Å². The summed E-state index contributed by atoms with van der Waals surface area (Å²) in [6.07, 6.45) is -3.49. The molecule has 6 heteroatoms. The Morgan fingerprint density at radius 2 is 1.78 bits per heavy atom. The quantitative estimate of drug-likeness (QED) is 0.604. The van der Waals surface area contributed by atoms with Crippen LogP contribution in [0.1, 0.15) is 23.1 Å². The summed E-state index contributed by atoms with van der Waals surface area (Å²) in [6, 6.07) is 9.89. The Hall–Kier alpha value is -2.34. The fraction of sp³-hybridized carbons (Fsp3) is 0.381. The topological polar surface area (TPSA) is 21.1 Å². The number of imidazole rings is 1. The van der Waals surface area contributed by atoms with Gasteiger partial charge in [0.05, 0.1) is 16.6 Å². The van der Waals surface area contributed by atoms with Crippen LogP contribution in [0.25, 0.3) is 22.4 Å². The molecule has 0 atom stereocenters. The largest absolute Gasteiger partial charge is 0.416 e. The first-order chi connectivity index (χ1) is 12.7. The predicted molar refractivity (Wildman–Crippen MR) is 103 cm³/mol. The van der Waals surface area contributed by atoms with E-state index in [9.17, 15) is 13.2 Å². The normalized spacial score (nSPS) is 12.3. The first kappa shape index (κ1) is 19.4. The molecule has 0 bridgehead atoms. The van der Waals surface area contributed by atoms with Gasteiger partial charge in [0, 0.05) is 12.1 Å². The van der Waals surface area contributed by atoms with E-state index in [1.807, 2.05) is 44.6 Å². The highest BCUT2D eigenvalue weighted by atomic mass is 19.4. The molecular formula is C21H24F3N3. The van der Waals surface area contributed by atoms with Gasteiger partial charge in [-0.25, -0.2) is 4.98 Å². The van der Waals surface area contributed by atoms with Crippen LogP contribution in [0.3, 0.4) is 0 Å². The van der Waals surface area contributed by atoms with Gasteiger partial charge in [0.1, 0.15) is 5.82 Å². The van der Waals surface area contributed by atoms with Gasteiger partial charge >= 0.3 is 6.18 Å². The molecule has 0 unspecified atom stereocenters. The Kier molecular flexibility index (Phi) is 5.29. The highest BCUT2D eigenvalue weighted by molar-refractivity contribution is 5.82. The van der Waals surface area contributed by atoms with Crippen LogP contribution in [-0.2, 0) is 12.7 Å². The van der Waals surface area contributed by atoms with Crippen molar-refractivity contribution < 1.29 is 13.2 Å². The summed E-state index contributed by atoms with van der Waals surface area (Å²) >= 11 is 0. The summed E-state index contributed by atoms with van der Waals surface area (Å²) in [4.78, 5) is 6.69. The second-order valence-electron chi connectivity index (χ2n) is 7.26. The van der Waals surface area contributed by atoms with E-state index in [2.05, 4.69) is 16.0 Å². The lowest BCUT2D eigenvalue weighted by molar-refractivity contribution is -0.137. The summed E-state index contributed by atoms with van der Waals surface area (Å²) in [5, 5.41) is 0. The molecular weight excluding hydrogens is 351 g/mol. The molecule has 2 aromatic carbocycles. The van der Waals surface area contributed by atoms with Gasteiger partial charge in [-0.05, 0) is 64.7 Å². The van der Waals surface area contributed by atoms with Crippen LogP contribution in [-0.4, -0.2) is 35.1 Å². The molecule has 144 valence electrons. The highest BCUT2D eigenvalue weighted by Gasteiger charge is 2.31. The van der Waals surface area contributed by atoms with E-state index >= 15 is 0 Å². The smallest absolute Gasteiger partial charge is 0.324 e. The van der Waals surface area contributed by atoms with Crippen molar-refractivity contribution in [2.24, 2.45) is 0 Å². The zero-order chi connectivity index (χ0) is 19.8. The van der Waals surface area contributed by atoms with Crippen molar-refractivity contribution in [2.45, 2.75) is 33.0 Å². The number of fused-ring (bicyclic) bond motifs is 1. The van der Waals surface area contributed by atoms with Gasteiger partial charge < -0.3 is 9.47 Å². The highest BCUT2D eigenvalue weighted by Crippen LogP contribution is 2.34. The van der Waals surface area contributed by atoms with Crippen LogP contribution in [0.15, 0.2) is 36.4 Å². The molecule has 0 N–H and O–H groups in total. The molecule has 1 aromatic heterocycles. The van der Waals surface area contributed by atoms with Crippen LogP contribution in [0.2, 0.25) is 0 Å². The van der Waals surface area contributed by atoms with Gasteiger partial charge in [-0.3, -0.25) is 0 Å². The predicted octanol–water partition coefficient (Wildman–Crippen LogP) is 5.29. The second kappa shape index (κ2) is 7.35. The minimum Gasteiger partial charge on any atom is -0.324 e. The Bertz CT molecular complexity index is 955. The van der Waals surface area contributed by atoms with Gasteiger partial charge in [-0.15, -0.1) is 0 Å². The minimum absolute atomic E-state index is 0.379. The van der Waals surface area contributed by atoms with Gasteiger partial charge in [0.25, 0.3) is 0 Å². The molecule has 0 aliphatic carbocycles. The minimum atomic E-state index is -4.37. The Morgan fingerprint density at radius 1 is 1.04 bits per heavy atom. The maximum absolute atomic E-state index is 13.1. The van der Waals surface area contributed by atoms with Gasteiger partial charge in [0.15, 0.2) is 0 Å². The van der Waals surface area contributed by atoms with Crippen LogP contribution >= 0.6 is 0 Å². The van der Waals surface area contributed by atoms with Crippen LogP contribution in [0.5, 0.6) is 0 Å². The maximum Gasteiger partial charge on any atom is 0.416 e. The van der Waals surface area contributed by atoms with Crippen molar-refractivity contribution in [3.05, 3.63) is 53.1 Å². The first-order valence-corrected chi connectivity index (χ1v) is 8.96. The van der Waals surface area contributed by atoms with E-state index in [0.717, 1.165) is 53.1 Å². The lowest BCUT2D eigenvalue weighted by atomic mass is 10.1. The van der Waals surface area contributed by atoms with E-state index in [1.165, 1.54) is 6.07 Å². The lowest BCUT2D eigenvalue weighted by Crippen LogP contribution is -2.15. The van der Waals surface area contributed by atoms with Crippen molar-refractivity contribution >= 4 is 11.0 Å². The molecule has 0 saturated heterocycles. The fourth-order valence-corrected chi connectivity index (χ4v) is 3.35. The van der Waals surface area contributed by atoms with Crippen molar-refractivity contribution in [2.75, 3.05) is 20.6 Å². The molecule has 3 aromatic rings. The number of rotatable bonds is 5. The molecule has 3 nitrogen and oxygen atoms in total. The Labute approximate surface area is 157 Å². The zero-order valence-corrected chi connectivity index (χ0v) is 16.1. The zero-order valence-electron chi connectivity index (χ0n) is 16.1. The molecule has 0 aliphatic rings. The summed E-state index contributed by atoms with van der Waals surface area (Å²) in [7, 11) is 4.01. The first-order valence-electron chi connectivity index (χ1n) is 8.96. The standard InChI is InChI=1S/C21H24F3N3/c1-14-6-8-17(15(2)12-14)20-25-18-13-16(21(22,23)24)7-9-19(18)27(20)11-5-10-26(3)4/h6-9,12-13H,5,10-11H2,1-4H3.